The van der Waals surface area contributed by atoms with Crippen LogP contribution in [-0.4, -0.2) is 18.6 Å². The van der Waals surface area contributed by atoms with Crippen molar-refractivity contribution in [1.82, 2.24) is 4.31 Å². The van der Waals surface area contributed by atoms with Gasteiger partial charge in [0.25, 0.3) is 5.91 Å². The van der Waals surface area contributed by atoms with E-state index in [0.717, 1.165) is 11.1 Å². The first-order valence-electron chi connectivity index (χ1n) is 11.6. The summed E-state index contributed by atoms with van der Waals surface area (Å²) in [7, 11) is -3.87. The third-order valence-electron chi connectivity index (χ3n) is 5.63. The quantitative estimate of drug-likeness (QED) is 0.200. The van der Waals surface area contributed by atoms with Crippen molar-refractivity contribution in [2.45, 2.75) is 24.9 Å². The molecular weight excluding hydrogens is 522 g/mol. The molecule has 0 radical (unpaired) electrons. The van der Waals surface area contributed by atoms with Crippen molar-refractivity contribution in [2.75, 3.05) is 5.32 Å². The number of benzene rings is 3. The van der Waals surface area contributed by atoms with Gasteiger partial charge in [-0.05, 0) is 61.0 Å². The summed E-state index contributed by atoms with van der Waals surface area (Å²) < 4.78 is 34.1. The Morgan fingerprint density at radius 1 is 0.974 bits per heavy atom. The van der Waals surface area contributed by atoms with E-state index in [4.69, 9.17) is 16.0 Å². The Morgan fingerprint density at radius 3 is 2.32 bits per heavy atom. The van der Waals surface area contributed by atoms with E-state index in [0.29, 0.717) is 16.5 Å². The normalized spacial score (nSPS) is 11.8. The number of carbonyl (C=O) groups excluding carboxylic acids is 1. The summed E-state index contributed by atoms with van der Waals surface area (Å²) in [4.78, 5) is 12.7. The van der Waals surface area contributed by atoms with Crippen LogP contribution in [0, 0.1) is 18.3 Å². The van der Waals surface area contributed by atoms with Crippen LogP contribution in [0.2, 0.25) is 5.02 Å². The lowest BCUT2D eigenvalue weighted by Crippen LogP contribution is -2.30. The Morgan fingerprint density at radius 2 is 1.66 bits per heavy atom. The zero-order valence-electron chi connectivity index (χ0n) is 20.5. The molecule has 0 aliphatic carbocycles. The summed E-state index contributed by atoms with van der Waals surface area (Å²) in [5.41, 5.74) is 2.20. The molecule has 38 heavy (non-hydrogen) atoms. The first-order chi connectivity index (χ1) is 18.2. The molecule has 0 aliphatic heterocycles. The van der Waals surface area contributed by atoms with Crippen molar-refractivity contribution in [3.05, 3.63) is 124 Å². The van der Waals surface area contributed by atoms with Crippen LogP contribution in [0.5, 0.6) is 0 Å². The van der Waals surface area contributed by atoms with Gasteiger partial charge < -0.3 is 9.73 Å². The minimum Gasteiger partial charge on any atom is -0.460 e. The van der Waals surface area contributed by atoms with E-state index in [2.05, 4.69) is 5.32 Å². The third-order valence-corrected chi connectivity index (χ3v) is 7.69. The lowest BCUT2D eigenvalue weighted by Gasteiger charge is -2.21. The molecule has 4 rings (SSSR count). The van der Waals surface area contributed by atoms with Crippen LogP contribution in [0.3, 0.4) is 0 Å². The molecule has 4 aromatic rings. The Bertz CT molecular complexity index is 1590. The predicted molar refractivity (Wildman–Crippen MR) is 146 cm³/mol. The third kappa shape index (κ3) is 6.78. The maximum absolute atomic E-state index is 13.5. The first kappa shape index (κ1) is 26.9. The maximum atomic E-state index is 13.5. The lowest BCUT2D eigenvalue weighted by atomic mass is 10.2. The zero-order valence-corrected chi connectivity index (χ0v) is 22.0. The fraction of sp³-hybridized carbons (Fsp3) is 0.103. The Kier molecular flexibility index (Phi) is 8.44. The minimum atomic E-state index is -3.87. The Labute approximate surface area is 226 Å². The molecule has 0 atom stereocenters. The molecule has 1 N–H and O–H groups in total. The number of aryl methyl sites for hydroxylation is 1. The number of amides is 1. The summed E-state index contributed by atoms with van der Waals surface area (Å²) in [6.45, 7) is 1.95. The van der Waals surface area contributed by atoms with Gasteiger partial charge in [-0.1, -0.05) is 59.6 Å². The Balaban J connectivity index is 1.56. The first-order valence-corrected chi connectivity index (χ1v) is 13.4. The summed E-state index contributed by atoms with van der Waals surface area (Å²) >= 11 is 5.99. The topological polar surface area (TPSA) is 103 Å². The molecule has 1 aromatic heterocycles. The number of nitrogens with zero attached hydrogens (tertiary/aromatic N) is 2. The number of carbonyl (C=O) groups is 1. The molecule has 1 heterocycles. The molecule has 9 heteroatoms. The van der Waals surface area contributed by atoms with E-state index in [-0.39, 0.29) is 29.3 Å². The molecule has 0 aliphatic rings. The number of hydrogen-bond donors (Lipinski definition) is 1. The SMILES string of the molecule is Cc1ccc(NC(=O)/C(C#N)=C\c2ccc(CN(Cc3ccc(Cl)cc3)S(=O)(=O)c3ccccc3)o2)cc1. The van der Waals surface area contributed by atoms with Crippen LogP contribution in [0.4, 0.5) is 5.69 Å². The highest BCUT2D eigenvalue weighted by atomic mass is 35.5. The Hall–Kier alpha value is -4.16. The number of furan rings is 1. The zero-order chi connectivity index (χ0) is 27.1. The summed E-state index contributed by atoms with van der Waals surface area (Å²) in [5, 5.41) is 12.8. The van der Waals surface area contributed by atoms with Crippen molar-refractivity contribution in [3.8, 4) is 6.07 Å². The van der Waals surface area contributed by atoms with Crippen LogP contribution in [0.1, 0.15) is 22.6 Å². The van der Waals surface area contributed by atoms with E-state index in [1.807, 2.05) is 25.1 Å². The van der Waals surface area contributed by atoms with Crippen LogP contribution in [-0.2, 0) is 27.9 Å². The molecule has 1 amide bonds. The van der Waals surface area contributed by atoms with Gasteiger partial charge in [0.1, 0.15) is 23.2 Å². The van der Waals surface area contributed by atoms with E-state index in [9.17, 15) is 18.5 Å². The number of sulfonamides is 1. The lowest BCUT2D eigenvalue weighted by molar-refractivity contribution is -0.112. The molecule has 0 unspecified atom stereocenters. The predicted octanol–water partition coefficient (Wildman–Crippen LogP) is 6.18. The van der Waals surface area contributed by atoms with Gasteiger partial charge in [-0.3, -0.25) is 4.79 Å². The maximum Gasteiger partial charge on any atom is 0.266 e. The molecular formula is C29H24ClN3O4S. The fourth-order valence-electron chi connectivity index (χ4n) is 3.62. The molecule has 0 bridgehead atoms. The number of nitrogens with one attached hydrogen (secondary N) is 1. The smallest absolute Gasteiger partial charge is 0.266 e. The minimum absolute atomic E-state index is 0.0643. The number of rotatable bonds is 9. The molecule has 0 spiro atoms. The summed E-state index contributed by atoms with van der Waals surface area (Å²) in [6.07, 6.45) is 1.32. The van der Waals surface area contributed by atoms with Gasteiger partial charge in [0.05, 0.1) is 11.4 Å². The van der Waals surface area contributed by atoms with Crippen LogP contribution in [0.25, 0.3) is 6.08 Å². The van der Waals surface area contributed by atoms with Crippen LogP contribution < -0.4 is 5.32 Å². The summed E-state index contributed by atoms with van der Waals surface area (Å²) in [5.74, 6) is 0.0189. The van der Waals surface area contributed by atoms with Gasteiger partial charge in [-0.15, -0.1) is 0 Å². The highest BCUT2D eigenvalue weighted by Crippen LogP contribution is 2.23. The second-order valence-electron chi connectivity index (χ2n) is 8.51. The molecule has 0 saturated heterocycles. The highest BCUT2D eigenvalue weighted by Gasteiger charge is 2.26. The van der Waals surface area contributed by atoms with E-state index >= 15 is 0 Å². The average molecular weight is 546 g/mol. The van der Waals surface area contributed by atoms with E-state index < -0.39 is 15.9 Å². The van der Waals surface area contributed by atoms with Crippen molar-refractivity contribution < 1.29 is 17.6 Å². The van der Waals surface area contributed by atoms with E-state index in [1.165, 1.54) is 22.5 Å². The number of anilines is 1. The second-order valence-corrected chi connectivity index (χ2v) is 10.9. The number of halogens is 1. The van der Waals surface area contributed by atoms with Gasteiger partial charge in [0.2, 0.25) is 10.0 Å². The molecule has 0 fully saturated rings. The van der Waals surface area contributed by atoms with E-state index in [1.54, 1.807) is 66.7 Å². The van der Waals surface area contributed by atoms with Gasteiger partial charge in [0, 0.05) is 23.3 Å². The largest absolute Gasteiger partial charge is 0.460 e. The molecule has 7 nitrogen and oxygen atoms in total. The van der Waals surface area contributed by atoms with Crippen molar-refractivity contribution >= 4 is 39.3 Å². The number of hydrogen-bond acceptors (Lipinski definition) is 5. The molecule has 0 saturated carbocycles. The monoisotopic (exact) mass is 545 g/mol. The molecule has 3 aromatic carbocycles. The van der Waals surface area contributed by atoms with Crippen LogP contribution >= 0.6 is 11.6 Å². The standard InChI is InChI=1S/C29H24ClN3O4S/c1-21-7-13-25(14-8-21)32-29(34)23(18-31)17-26-15-16-27(37-26)20-33(19-22-9-11-24(30)12-10-22)38(35,36)28-5-3-2-4-6-28/h2-17H,19-20H2,1H3,(H,32,34)/b23-17-. The van der Waals surface area contributed by atoms with Gasteiger partial charge in [-0.25, -0.2) is 8.42 Å². The van der Waals surface area contributed by atoms with Gasteiger partial charge >= 0.3 is 0 Å². The van der Waals surface area contributed by atoms with Gasteiger partial charge in [-0.2, -0.15) is 9.57 Å². The van der Waals surface area contributed by atoms with Crippen LogP contribution in [0.15, 0.2) is 106 Å². The second kappa shape index (κ2) is 11.9. The fourth-order valence-corrected chi connectivity index (χ4v) is 5.16. The van der Waals surface area contributed by atoms with Gasteiger partial charge in [0.15, 0.2) is 0 Å². The van der Waals surface area contributed by atoms with Crippen molar-refractivity contribution in [1.29, 1.82) is 5.26 Å². The van der Waals surface area contributed by atoms with Crippen molar-refractivity contribution in [3.63, 3.8) is 0 Å². The average Bonchev–Trinajstić information content (AvgIpc) is 3.36. The highest BCUT2D eigenvalue weighted by molar-refractivity contribution is 7.89. The van der Waals surface area contributed by atoms with Crippen molar-refractivity contribution in [2.24, 2.45) is 0 Å². The number of nitriles is 1. The molecule has 192 valence electrons. The summed E-state index contributed by atoms with van der Waals surface area (Å²) in [6, 6.07) is 27.3.